The summed E-state index contributed by atoms with van der Waals surface area (Å²) in [6, 6.07) is 14.0. The van der Waals surface area contributed by atoms with E-state index in [9.17, 15) is 38.4 Å². The molecule has 0 fully saturated rings. The molecule has 0 saturated heterocycles. The van der Waals surface area contributed by atoms with Crippen LogP contribution in [0.5, 0.6) is 23.0 Å². The fourth-order valence-electron chi connectivity index (χ4n) is 5.08. The van der Waals surface area contributed by atoms with Crippen molar-refractivity contribution >= 4 is 54.0 Å². The molecule has 1 heterocycles. The SMILES string of the molecule is COC(=O)Oc1cccc(C(=O)N2CCCN(C(=O)c3cccc(OC(=O)OC)c3OC(=O)OC)c3ccccc3COC(=O)CNC(=O)C2)c1OC(=O)OC. The van der Waals surface area contributed by atoms with E-state index in [1.54, 1.807) is 24.3 Å². The first-order chi connectivity index (χ1) is 26.9. The number of esters is 1. The van der Waals surface area contributed by atoms with Crippen molar-refractivity contribution in [3.8, 4) is 23.0 Å². The van der Waals surface area contributed by atoms with Gasteiger partial charge in [0.15, 0.2) is 23.0 Å². The fourth-order valence-corrected chi connectivity index (χ4v) is 5.08. The number of anilines is 1. The molecule has 0 unspecified atom stereocenters. The third-order valence-corrected chi connectivity index (χ3v) is 7.62. The first kappa shape index (κ1) is 41.4. The minimum atomic E-state index is -1.28. The van der Waals surface area contributed by atoms with Crippen molar-refractivity contribution in [3.63, 3.8) is 0 Å². The molecule has 0 bridgehead atoms. The highest BCUT2D eigenvalue weighted by Gasteiger charge is 2.31. The topological polar surface area (TPSA) is 238 Å². The number of hydrogen-bond donors (Lipinski definition) is 1. The second kappa shape index (κ2) is 19.6. The molecule has 0 aliphatic carbocycles. The van der Waals surface area contributed by atoms with Gasteiger partial charge in [-0.1, -0.05) is 30.3 Å². The lowest BCUT2D eigenvalue weighted by Crippen LogP contribution is -2.44. The average molecular weight is 782 g/mol. The van der Waals surface area contributed by atoms with Crippen LogP contribution in [0.1, 0.15) is 32.7 Å². The Morgan fingerprint density at radius 1 is 0.625 bits per heavy atom. The zero-order valence-electron chi connectivity index (χ0n) is 30.4. The third-order valence-electron chi connectivity index (χ3n) is 7.62. The van der Waals surface area contributed by atoms with Crippen molar-refractivity contribution in [3.05, 3.63) is 77.4 Å². The largest absolute Gasteiger partial charge is 0.513 e. The average Bonchev–Trinajstić information content (AvgIpc) is 3.20. The molecule has 0 radical (unpaired) electrons. The zero-order chi connectivity index (χ0) is 40.8. The molecule has 0 spiro atoms. The number of nitrogens with one attached hydrogen (secondary N) is 1. The number of carbonyl (C=O) groups excluding carboxylic acids is 8. The molecule has 1 aliphatic rings. The Hall–Kier alpha value is -7.38. The maximum atomic E-state index is 14.5. The Morgan fingerprint density at radius 3 is 1.70 bits per heavy atom. The summed E-state index contributed by atoms with van der Waals surface area (Å²) in [5.41, 5.74) is -0.0663. The summed E-state index contributed by atoms with van der Waals surface area (Å²) in [5, 5.41) is 2.39. The highest BCUT2D eigenvalue weighted by molar-refractivity contribution is 6.09. The van der Waals surface area contributed by atoms with Gasteiger partial charge in [-0.25, -0.2) is 19.2 Å². The van der Waals surface area contributed by atoms with Gasteiger partial charge in [0.05, 0.1) is 51.8 Å². The van der Waals surface area contributed by atoms with Crippen LogP contribution in [0.2, 0.25) is 0 Å². The van der Waals surface area contributed by atoms with Crippen molar-refractivity contribution in [2.24, 2.45) is 0 Å². The van der Waals surface area contributed by atoms with Crippen LogP contribution >= 0.6 is 0 Å². The molecule has 3 aromatic rings. The van der Waals surface area contributed by atoms with Crippen molar-refractivity contribution in [1.82, 2.24) is 10.2 Å². The standard InChI is InChI=1S/C36H35N3O17/c1-48-33(44)53-25-14-7-11-22(29(25)55-35(46)50-3)31(42)38-16-9-17-39(24-13-6-5-10-21(24)20-52-28(41)18-37-27(40)19-38)32(43)23-12-8-15-26(54-34(45)49-2)30(23)56-36(47)51-4/h5-8,10-15H,9,16-20H2,1-4H3,(H,37,40). The number of carbonyl (C=O) groups is 8. The summed E-state index contributed by atoms with van der Waals surface area (Å²) in [6.45, 7) is -2.03. The van der Waals surface area contributed by atoms with Gasteiger partial charge in [0.25, 0.3) is 11.8 Å². The Morgan fingerprint density at radius 2 is 1.14 bits per heavy atom. The first-order valence-electron chi connectivity index (χ1n) is 16.3. The van der Waals surface area contributed by atoms with E-state index < -0.39 is 78.7 Å². The van der Waals surface area contributed by atoms with Crippen molar-refractivity contribution in [2.75, 3.05) is 59.5 Å². The highest BCUT2D eigenvalue weighted by atomic mass is 16.8. The Balaban J connectivity index is 1.80. The lowest BCUT2D eigenvalue weighted by atomic mass is 10.1. The van der Waals surface area contributed by atoms with E-state index in [4.69, 9.17) is 23.7 Å². The number of para-hydroxylation sites is 3. The molecule has 56 heavy (non-hydrogen) atoms. The summed E-state index contributed by atoms with van der Waals surface area (Å²) in [7, 11) is 4.09. The summed E-state index contributed by atoms with van der Waals surface area (Å²) < 4.78 is 44.2. The van der Waals surface area contributed by atoms with Crippen LogP contribution in [0, 0.1) is 0 Å². The molecular formula is C36H35N3O17. The van der Waals surface area contributed by atoms with E-state index in [1.165, 1.54) is 41.3 Å². The summed E-state index contributed by atoms with van der Waals surface area (Å²) in [4.78, 5) is 105. The molecule has 0 saturated carbocycles. The molecule has 1 N–H and O–H groups in total. The number of hydrogen-bond acceptors (Lipinski definition) is 17. The number of ether oxygens (including phenoxy) is 9. The van der Waals surface area contributed by atoms with Gasteiger partial charge in [0.1, 0.15) is 13.2 Å². The van der Waals surface area contributed by atoms with Crippen molar-refractivity contribution < 1.29 is 81.0 Å². The molecule has 4 rings (SSSR count). The lowest BCUT2D eigenvalue weighted by molar-refractivity contribution is -0.145. The summed E-state index contributed by atoms with van der Waals surface area (Å²) >= 11 is 0. The van der Waals surface area contributed by atoms with Gasteiger partial charge in [-0.3, -0.25) is 19.2 Å². The summed E-state index contributed by atoms with van der Waals surface area (Å²) in [6.07, 6.45) is -4.97. The van der Waals surface area contributed by atoms with Gasteiger partial charge in [0.2, 0.25) is 5.91 Å². The number of rotatable bonds is 6. The first-order valence-corrected chi connectivity index (χ1v) is 16.3. The van der Waals surface area contributed by atoms with Crippen LogP contribution in [0.15, 0.2) is 60.7 Å². The highest BCUT2D eigenvalue weighted by Crippen LogP contribution is 2.36. The maximum absolute atomic E-state index is 14.5. The van der Waals surface area contributed by atoms with Crippen molar-refractivity contribution in [2.45, 2.75) is 13.0 Å². The second-order valence-corrected chi connectivity index (χ2v) is 11.1. The smallest absolute Gasteiger partial charge is 0.459 e. The lowest BCUT2D eigenvalue weighted by Gasteiger charge is -2.29. The van der Waals surface area contributed by atoms with Crippen LogP contribution in [-0.4, -0.2) is 108 Å². The van der Waals surface area contributed by atoms with E-state index in [2.05, 4.69) is 24.3 Å². The monoisotopic (exact) mass is 781 g/mol. The van der Waals surface area contributed by atoms with Crippen LogP contribution in [0.25, 0.3) is 0 Å². The van der Waals surface area contributed by atoms with Crippen LogP contribution < -0.4 is 29.2 Å². The predicted octanol–water partition coefficient (Wildman–Crippen LogP) is 3.62. The Labute approximate surface area is 317 Å². The van der Waals surface area contributed by atoms with Gasteiger partial charge in [-0.15, -0.1) is 0 Å². The van der Waals surface area contributed by atoms with Crippen LogP contribution in [-0.2, 0) is 39.9 Å². The third kappa shape index (κ3) is 10.6. The Bertz CT molecular complexity index is 2000. The van der Waals surface area contributed by atoms with Gasteiger partial charge < -0.3 is 57.7 Å². The molecule has 20 heteroatoms. The second-order valence-electron chi connectivity index (χ2n) is 11.1. The number of cyclic esters (lactones) is 1. The zero-order valence-corrected chi connectivity index (χ0v) is 30.4. The fraction of sp³-hybridized carbons (Fsp3) is 0.278. The predicted molar refractivity (Wildman–Crippen MR) is 186 cm³/mol. The molecule has 20 nitrogen and oxygen atoms in total. The maximum Gasteiger partial charge on any atom is 0.513 e. The van der Waals surface area contributed by atoms with Gasteiger partial charge in [-0.2, -0.15) is 0 Å². The van der Waals surface area contributed by atoms with Gasteiger partial charge >= 0.3 is 30.6 Å². The van der Waals surface area contributed by atoms with E-state index in [0.29, 0.717) is 5.56 Å². The molecule has 1 aliphatic heterocycles. The van der Waals surface area contributed by atoms with Crippen molar-refractivity contribution in [1.29, 1.82) is 0 Å². The quantitative estimate of drug-likeness (QED) is 0.213. The molecule has 3 amide bonds. The summed E-state index contributed by atoms with van der Waals surface area (Å²) in [5.74, 6) is -5.20. The molecule has 3 aromatic carbocycles. The Kier molecular flexibility index (Phi) is 14.5. The van der Waals surface area contributed by atoms with Gasteiger partial charge in [0, 0.05) is 18.7 Å². The normalized spacial score (nSPS) is 13.3. The van der Waals surface area contributed by atoms with Crippen LogP contribution in [0.3, 0.4) is 0 Å². The molecule has 0 atom stereocenters. The number of benzene rings is 3. The van der Waals surface area contributed by atoms with Crippen LogP contribution in [0.4, 0.5) is 24.9 Å². The number of methoxy groups -OCH3 is 4. The number of amides is 3. The number of nitrogens with zero attached hydrogens (tertiary/aromatic N) is 2. The van der Waals surface area contributed by atoms with E-state index >= 15 is 0 Å². The molecule has 296 valence electrons. The minimum absolute atomic E-state index is 0.0457. The minimum Gasteiger partial charge on any atom is -0.459 e. The molecular weight excluding hydrogens is 746 g/mol. The van der Waals surface area contributed by atoms with E-state index in [1.807, 2.05) is 0 Å². The number of fused-ring (bicyclic) bond motifs is 1. The molecule has 0 aromatic heterocycles. The van der Waals surface area contributed by atoms with Gasteiger partial charge in [-0.05, 0) is 36.8 Å². The van der Waals surface area contributed by atoms with E-state index in [0.717, 1.165) is 33.3 Å². The van der Waals surface area contributed by atoms with E-state index in [-0.39, 0.29) is 48.7 Å².